The van der Waals surface area contributed by atoms with E-state index in [9.17, 15) is 34.1 Å². The molecular formula is C58H76N8O11. The monoisotopic (exact) mass is 1060 g/mol. The number of guanidine groups is 1. The fraction of sp³-hybridized carbons (Fsp3) is 0.448. The molecule has 4 amide bonds. The molecule has 0 bridgehead atoms. The summed E-state index contributed by atoms with van der Waals surface area (Å²) in [7, 11) is 1.58. The van der Waals surface area contributed by atoms with Crippen LogP contribution in [-0.2, 0) is 35.3 Å². The lowest BCUT2D eigenvalue weighted by molar-refractivity contribution is -0.384. The van der Waals surface area contributed by atoms with Crippen LogP contribution in [0.2, 0.25) is 0 Å². The zero-order valence-corrected chi connectivity index (χ0v) is 45.5. The van der Waals surface area contributed by atoms with Gasteiger partial charge in [-0.1, -0.05) is 88.4 Å². The first kappa shape index (κ1) is 59.9. The largest absolute Gasteiger partial charge is 0.493 e. The Morgan fingerprint density at radius 2 is 1.21 bits per heavy atom. The maximum Gasteiger partial charge on any atom is 0.407 e. The number of ether oxygens (including phenoxy) is 4. The lowest BCUT2D eigenvalue weighted by atomic mass is 9.92. The Morgan fingerprint density at radius 1 is 0.649 bits per heavy atom. The summed E-state index contributed by atoms with van der Waals surface area (Å²) in [4.78, 5) is 79.6. The highest BCUT2D eigenvalue weighted by atomic mass is 16.6. The number of carbonyl (C=O) groups excluding carboxylic acids is 5. The summed E-state index contributed by atoms with van der Waals surface area (Å²) in [5.74, 6) is -1.25. The second-order valence-corrected chi connectivity index (χ2v) is 20.7. The predicted octanol–water partition coefficient (Wildman–Crippen LogP) is 8.83. The molecule has 0 aliphatic heterocycles. The molecule has 0 unspecified atom stereocenters. The minimum absolute atomic E-state index is 0.0531. The van der Waals surface area contributed by atoms with E-state index in [1.807, 2.05) is 86.6 Å². The van der Waals surface area contributed by atoms with Crippen LogP contribution in [0.15, 0.2) is 97.1 Å². The molecule has 0 saturated heterocycles. The van der Waals surface area contributed by atoms with Crippen LogP contribution in [0, 0.1) is 27.4 Å². The molecule has 77 heavy (non-hydrogen) atoms. The lowest BCUT2D eigenvalue weighted by Crippen LogP contribution is -2.56. The fourth-order valence-corrected chi connectivity index (χ4v) is 8.37. The molecule has 0 aromatic heterocycles. The van der Waals surface area contributed by atoms with Crippen LogP contribution in [0.25, 0.3) is 32.7 Å². The van der Waals surface area contributed by atoms with E-state index in [0.29, 0.717) is 48.8 Å². The van der Waals surface area contributed by atoms with Crippen LogP contribution in [0.5, 0.6) is 11.5 Å². The Kier molecular flexibility index (Phi) is 22.9. The van der Waals surface area contributed by atoms with Crippen molar-refractivity contribution in [3.63, 3.8) is 0 Å². The van der Waals surface area contributed by atoms with Gasteiger partial charge in [0.1, 0.15) is 41.8 Å². The lowest BCUT2D eigenvalue weighted by Gasteiger charge is -2.26. The number of carbonyl (C=O) groups is 5. The summed E-state index contributed by atoms with van der Waals surface area (Å²) in [5.41, 5.74) is 1.22. The number of rotatable bonds is 28. The molecule has 3 atom stereocenters. The molecule has 7 N–H and O–H groups in total. The molecule has 0 spiro atoms. The van der Waals surface area contributed by atoms with Gasteiger partial charge in [-0.2, -0.15) is 0 Å². The second kappa shape index (κ2) is 29.4. The third-order valence-electron chi connectivity index (χ3n) is 12.3. The van der Waals surface area contributed by atoms with Crippen molar-refractivity contribution in [2.45, 2.75) is 124 Å². The summed E-state index contributed by atoms with van der Waals surface area (Å²) in [6.45, 7) is 13.6. The molecule has 0 radical (unpaired) electrons. The number of esters is 1. The third-order valence-corrected chi connectivity index (χ3v) is 12.3. The number of hydrogen-bond donors (Lipinski definition) is 7. The van der Waals surface area contributed by atoms with Gasteiger partial charge in [-0.3, -0.25) is 29.9 Å². The fourth-order valence-electron chi connectivity index (χ4n) is 8.37. The molecule has 0 fully saturated rings. The Bertz CT molecular complexity index is 2810. The molecule has 0 aliphatic carbocycles. The number of non-ortho nitro benzene ring substituents is 1. The van der Waals surface area contributed by atoms with Crippen molar-refractivity contribution in [3.8, 4) is 22.6 Å². The number of nitro benzene ring substituents is 1. The van der Waals surface area contributed by atoms with Crippen LogP contribution in [0.4, 0.5) is 10.5 Å². The summed E-state index contributed by atoms with van der Waals surface area (Å²) < 4.78 is 23.9. The van der Waals surface area contributed by atoms with Gasteiger partial charge in [0.15, 0.2) is 12.6 Å². The molecule has 5 aromatic rings. The SMILES string of the molecule is CNC(=N)NCCC[C@@H](NC(=O)[C@@H](CCCCNC(=O)OC(C)(C)C)NC(=O)COc1ccc2ccccc2c1-c1c(OCCC(C)C)ccc2ccccc12)C(=O)N[C@@H](CC(C)C)C(=O)OCc1ccc([N+](=O)[O-])cc1. The van der Waals surface area contributed by atoms with Gasteiger partial charge in [-0.15, -0.1) is 0 Å². The van der Waals surface area contributed by atoms with E-state index in [4.69, 9.17) is 24.4 Å². The number of hydrogen-bond acceptors (Lipinski definition) is 12. The molecule has 19 heteroatoms. The predicted molar refractivity (Wildman–Crippen MR) is 298 cm³/mol. The molecule has 5 aromatic carbocycles. The number of amides is 4. The minimum atomic E-state index is -1.22. The van der Waals surface area contributed by atoms with Gasteiger partial charge < -0.3 is 50.8 Å². The van der Waals surface area contributed by atoms with E-state index in [2.05, 4.69) is 45.7 Å². The van der Waals surface area contributed by atoms with Gasteiger partial charge in [0.25, 0.3) is 11.6 Å². The van der Waals surface area contributed by atoms with Crippen molar-refractivity contribution in [2.24, 2.45) is 11.8 Å². The van der Waals surface area contributed by atoms with Crippen LogP contribution < -0.4 is 41.4 Å². The van der Waals surface area contributed by atoms with Gasteiger partial charge in [0.2, 0.25) is 11.8 Å². The average molecular weight is 1060 g/mol. The van der Waals surface area contributed by atoms with E-state index in [1.54, 1.807) is 27.8 Å². The Hall–Kier alpha value is -7.96. The number of fused-ring (bicyclic) bond motifs is 2. The molecule has 414 valence electrons. The zero-order chi connectivity index (χ0) is 56.1. The van der Waals surface area contributed by atoms with Crippen LogP contribution in [-0.4, -0.2) is 97.7 Å². The van der Waals surface area contributed by atoms with E-state index < -0.39 is 65.0 Å². The summed E-state index contributed by atoms with van der Waals surface area (Å²) in [6, 6.07) is 25.6. The van der Waals surface area contributed by atoms with E-state index in [1.165, 1.54) is 24.3 Å². The standard InChI is InChI=1S/C58H76N8O11/c1-37(2)30-33-74-48-28-24-40-16-9-11-18-43(40)51(48)52-44-19-12-10-17-41(44)25-29-49(52)75-36-50(67)63-45(20-13-14-31-62-57(71)77-58(5,6)7)53(68)64-46(21-15-32-61-56(59)60-8)54(69)65-47(34-38(3)4)55(70)76-35-39-22-26-42(27-23-39)66(72)73/h9-12,16-19,22-29,37-38,45-47H,13-15,20-21,30-36H2,1-8H3,(H,62,71)(H,63,67)(H,64,68)(H,65,69)(H3,59,60,61)/t45-,46-,47+/m1/s1. The minimum Gasteiger partial charge on any atom is -0.493 e. The molecule has 19 nitrogen and oxygen atoms in total. The van der Waals surface area contributed by atoms with Crippen LogP contribution in [0.3, 0.4) is 0 Å². The van der Waals surface area contributed by atoms with E-state index in [-0.39, 0.29) is 56.5 Å². The maximum absolute atomic E-state index is 14.5. The first-order valence-electron chi connectivity index (χ1n) is 26.3. The topological polar surface area (TPSA) is 261 Å². The zero-order valence-electron chi connectivity index (χ0n) is 45.5. The van der Waals surface area contributed by atoms with Gasteiger partial charge in [-0.05, 0) is 129 Å². The van der Waals surface area contributed by atoms with Crippen molar-refractivity contribution >= 4 is 63.0 Å². The Morgan fingerprint density at radius 3 is 1.78 bits per heavy atom. The molecular weight excluding hydrogens is 985 g/mol. The average Bonchev–Trinajstić information content (AvgIpc) is 3.38. The van der Waals surface area contributed by atoms with E-state index >= 15 is 0 Å². The highest BCUT2D eigenvalue weighted by molar-refractivity contribution is 6.10. The first-order chi connectivity index (χ1) is 36.7. The maximum atomic E-state index is 14.5. The molecule has 5 rings (SSSR count). The quantitative estimate of drug-likeness (QED) is 0.00617. The highest BCUT2D eigenvalue weighted by Gasteiger charge is 2.31. The number of unbranched alkanes of at least 4 members (excludes halogenated alkanes) is 1. The first-order valence-corrected chi connectivity index (χ1v) is 26.3. The molecule has 0 heterocycles. The molecule has 0 saturated carbocycles. The van der Waals surface area contributed by atoms with Gasteiger partial charge in [0, 0.05) is 43.4 Å². The van der Waals surface area contributed by atoms with Crippen molar-refractivity contribution in [3.05, 3.63) is 113 Å². The van der Waals surface area contributed by atoms with E-state index in [0.717, 1.165) is 39.1 Å². The second-order valence-electron chi connectivity index (χ2n) is 20.7. The smallest absolute Gasteiger partial charge is 0.407 e. The van der Waals surface area contributed by atoms with Crippen molar-refractivity contribution < 1.29 is 47.8 Å². The summed E-state index contributed by atoms with van der Waals surface area (Å²) >= 11 is 0. The number of alkyl carbamates (subject to hydrolysis) is 1. The third kappa shape index (κ3) is 19.3. The number of nitrogens with one attached hydrogen (secondary N) is 7. The number of nitrogens with zero attached hydrogens (tertiary/aromatic N) is 1. The molecule has 0 aliphatic rings. The number of nitro groups is 1. The highest BCUT2D eigenvalue weighted by Crippen LogP contribution is 2.45. The Balaban J connectivity index is 1.40. The van der Waals surface area contributed by atoms with Gasteiger partial charge >= 0.3 is 12.1 Å². The van der Waals surface area contributed by atoms with Crippen molar-refractivity contribution in [1.29, 1.82) is 5.41 Å². The van der Waals surface area contributed by atoms with Gasteiger partial charge in [0.05, 0.1) is 11.5 Å². The van der Waals surface area contributed by atoms with Crippen LogP contribution in [0.1, 0.15) is 99.0 Å². The van der Waals surface area contributed by atoms with Gasteiger partial charge in [-0.25, -0.2) is 9.59 Å². The van der Waals surface area contributed by atoms with Crippen molar-refractivity contribution in [1.82, 2.24) is 31.9 Å². The Labute approximate surface area is 450 Å². The summed E-state index contributed by atoms with van der Waals surface area (Å²) in [5, 5.41) is 39.6. The summed E-state index contributed by atoms with van der Waals surface area (Å²) in [6.07, 6.45) is 1.67. The van der Waals surface area contributed by atoms with Crippen LogP contribution >= 0.6 is 0 Å². The van der Waals surface area contributed by atoms with Crippen molar-refractivity contribution in [2.75, 3.05) is 33.4 Å². The normalized spacial score (nSPS) is 12.5. The number of benzene rings is 5.